The molecule has 0 unspecified atom stereocenters. The summed E-state index contributed by atoms with van der Waals surface area (Å²) >= 11 is 5.91. The first kappa shape index (κ1) is 18.1. The third kappa shape index (κ3) is 4.32. The normalized spacial score (nSPS) is 10.8. The molecule has 0 bridgehead atoms. The summed E-state index contributed by atoms with van der Waals surface area (Å²) in [5.41, 5.74) is 2.63. The summed E-state index contributed by atoms with van der Waals surface area (Å²) in [5, 5.41) is 7.74. The van der Waals surface area contributed by atoms with Gasteiger partial charge in [0.2, 0.25) is 0 Å². The highest BCUT2D eigenvalue weighted by Crippen LogP contribution is 2.23. The molecule has 0 radical (unpaired) electrons. The van der Waals surface area contributed by atoms with Crippen LogP contribution in [0.25, 0.3) is 11.3 Å². The Kier molecular flexibility index (Phi) is 5.26. The van der Waals surface area contributed by atoms with Gasteiger partial charge in [0.05, 0.1) is 13.1 Å². The first-order chi connectivity index (χ1) is 13.7. The van der Waals surface area contributed by atoms with Crippen molar-refractivity contribution in [1.29, 1.82) is 0 Å². The summed E-state index contributed by atoms with van der Waals surface area (Å²) in [6.45, 7) is 0.996. The molecule has 140 valence electrons. The molecular formula is C22H18ClN3O2. The van der Waals surface area contributed by atoms with Crippen LogP contribution >= 0.6 is 11.6 Å². The number of rotatable bonds is 6. The van der Waals surface area contributed by atoms with Gasteiger partial charge in [-0.15, -0.1) is 0 Å². The maximum absolute atomic E-state index is 12.4. The largest absolute Gasteiger partial charge is 0.459 e. The van der Waals surface area contributed by atoms with Crippen molar-refractivity contribution < 1.29 is 9.21 Å². The van der Waals surface area contributed by atoms with Crippen molar-refractivity contribution in [2.24, 2.45) is 0 Å². The number of hydrogen-bond acceptors (Lipinski definition) is 3. The van der Waals surface area contributed by atoms with Crippen molar-refractivity contribution in [3.63, 3.8) is 0 Å². The minimum absolute atomic E-state index is 0.143. The fraction of sp³-hybridized carbons (Fsp3) is 0.0909. The molecule has 2 aromatic heterocycles. The summed E-state index contributed by atoms with van der Waals surface area (Å²) in [4.78, 5) is 12.4. The van der Waals surface area contributed by atoms with E-state index in [2.05, 4.69) is 10.4 Å². The molecule has 0 aliphatic heterocycles. The lowest BCUT2D eigenvalue weighted by Crippen LogP contribution is -2.22. The second-order valence-electron chi connectivity index (χ2n) is 6.36. The van der Waals surface area contributed by atoms with Crippen LogP contribution in [0.4, 0.5) is 0 Å². The first-order valence-electron chi connectivity index (χ1n) is 8.86. The lowest BCUT2D eigenvalue weighted by Gasteiger charge is -2.06. The molecule has 0 spiro atoms. The molecule has 5 nitrogen and oxygen atoms in total. The molecule has 2 aromatic carbocycles. The van der Waals surface area contributed by atoms with Gasteiger partial charge in [-0.05, 0) is 60.2 Å². The van der Waals surface area contributed by atoms with E-state index in [1.54, 1.807) is 6.20 Å². The van der Waals surface area contributed by atoms with E-state index in [1.165, 1.54) is 0 Å². The number of carbonyl (C=O) groups is 1. The van der Waals surface area contributed by atoms with Gasteiger partial charge in [0, 0.05) is 28.5 Å². The number of furan rings is 1. The Morgan fingerprint density at radius 1 is 1.04 bits per heavy atom. The SMILES string of the molecule is O=C(NCc1ccc(-c2ccc(Cl)cc2)o1)c1ccc(Cn2cccn2)cc1. The lowest BCUT2D eigenvalue weighted by molar-refractivity contribution is 0.0948. The number of aromatic nitrogens is 2. The second-order valence-corrected chi connectivity index (χ2v) is 6.79. The Hall–Kier alpha value is -3.31. The topological polar surface area (TPSA) is 60.1 Å². The fourth-order valence-electron chi connectivity index (χ4n) is 2.85. The van der Waals surface area contributed by atoms with Crippen LogP contribution in [0.5, 0.6) is 0 Å². The summed E-state index contributed by atoms with van der Waals surface area (Å²) < 4.78 is 7.64. The van der Waals surface area contributed by atoms with E-state index in [4.69, 9.17) is 16.0 Å². The van der Waals surface area contributed by atoms with Crippen molar-refractivity contribution in [3.8, 4) is 11.3 Å². The Bertz CT molecular complexity index is 1050. The van der Waals surface area contributed by atoms with Crippen LogP contribution in [0.15, 0.2) is 83.5 Å². The number of nitrogens with zero attached hydrogens (tertiary/aromatic N) is 2. The van der Waals surface area contributed by atoms with Crippen molar-refractivity contribution >= 4 is 17.5 Å². The molecule has 0 saturated heterocycles. The summed E-state index contributed by atoms with van der Waals surface area (Å²) in [7, 11) is 0. The smallest absolute Gasteiger partial charge is 0.251 e. The predicted octanol–water partition coefficient (Wildman–Crippen LogP) is 4.77. The van der Waals surface area contributed by atoms with Crippen LogP contribution in [-0.4, -0.2) is 15.7 Å². The Morgan fingerprint density at radius 2 is 1.82 bits per heavy atom. The van der Waals surface area contributed by atoms with Gasteiger partial charge in [0.1, 0.15) is 11.5 Å². The molecule has 6 heteroatoms. The van der Waals surface area contributed by atoms with E-state index in [-0.39, 0.29) is 5.91 Å². The van der Waals surface area contributed by atoms with Gasteiger partial charge in [0.25, 0.3) is 5.91 Å². The van der Waals surface area contributed by atoms with Crippen molar-refractivity contribution in [3.05, 3.63) is 101 Å². The minimum Gasteiger partial charge on any atom is -0.459 e. The van der Waals surface area contributed by atoms with Crippen LogP contribution < -0.4 is 5.32 Å². The highest BCUT2D eigenvalue weighted by molar-refractivity contribution is 6.30. The number of carbonyl (C=O) groups excluding carboxylic acids is 1. The third-order valence-electron chi connectivity index (χ3n) is 4.33. The van der Waals surface area contributed by atoms with E-state index >= 15 is 0 Å². The minimum atomic E-state index is -0.143. The Balaban J connectivity index is 1.34. The van der Waals surface area contributed by atoms with Gasteiger partial charge in [-0.1, -0.05) is 23.7 Å². The molecule has 4 rings (SSSR count). The van der Waals surface area contributed by atoms with Gasteiger partial charge in [-0.2, -0.15) is 5.10 Å². The number of nitrogens with one attached hydrogen (secondary N) is 1. The zero-order valence-electron chi connectivity index (χ0n) is 15.0. The highest BCUT2D eigenvalue weighted by atomic mass is 35.5. The van der Waals surface area contributed by atoms with E-state index in [9.17, 15) is 4.79 Å². The Morgan fingerprint density at radius 3 is 2.54 bits per heavy atom. The first-order valence-corrected chi connectivity index (χ1v) is 9.24. The highest BCUT2D eigenvalue weighted by Gasteiger charge is 2.09. The standard InChI is InChI=1S/C22H18ClN3O2/c23-19-8-6-17(7-9-19)21-11-10-20(28-21)14-24-22(27)18-4-2-16(3-5-18)15-26-13-1-12-25-26/h1-13H,14-15H2,(H,24,27). The maximum atomic E-state index is 12.4. The van der Waals surface area contributed by atoms with Crippen LogP contribution in [0.1, 0.15) is 21.7 Å². The zero-order chi connectivity index (χ0) is 19.3. The van der Waals surface area contributed by atoms with Crippen LogP contribution in [-0.2, 0) is 13.1 Å². The van der Waals surface area contributed by atoms with E-state index in [1.807, 2.05) is 77.6 Å². The molecule has 0 atom stereocenters. The van der Waals surface area contributed by atoms with Crippen molar-refractivity contribution in [1.82, 2.24) is 15.1 Å². The fourth-order valence-corrected chi connectivity index (χ4v) is 2.98. The van der Waals surface area contributed by atoms with Crippen molar-refractivity contribution in [2.75, 3.05) is 0 Å². The van der Waals surface area contributed by atoms with Crippen LogP contribution in [0.2, 0.25) is 5.02 Å². The Labute approximate surface area is 167 Å². The van der Waals surface area contributed by atoms with E-state index in [0.717, 1.165) is 16.9 Å². The predicted molar refractivity (Wildman–Crippen MR) is 108 cm³/mol. The maximum Gasteiger partial charge on any atom is 0.251 e. The van der Waals surface area contributed by atoms with Gasteiger partial charge in [0.15, 0.2) is 0 Å². The molecule has 28 heavy (non-hydrogen) atoms. The molecule has 1 N–H and O–H groups in total. The lowest BCUT2D eigenvalue weighted by atomic mass is 10.1. The van der Waals surface area contributed by atoms with E-state index in [0.29, 0.717) is 29.4 Å². The number of halogens is 1. The van der Waals surface area contributed by atoms with Gasteiger partial charge in [-0.3, -0.25) is 9.48 Å². The average Bonchev–Trinajstić information content (AvgIpc) is 3.39. The van der Waals surface area contributed by atoms with Crippen molar-refractivity contribution in [2.45, 2.75) is 13.1 Å². The molecule has 0 aliphatic rings. The molecule has 0 aliphatic carbocycles. The molecule has 0 saturated carbocycles. The molecule has 1 amide bonds. The summed E-state index contributed by atoms with van der Waals surface area (Å²) in [6, 6.07) is 20.5. The molecule has 2 heterocycles. The molecular weight excluding hydrogens is 374 g/mol. The zero-order valence-corrected chi connectivity index (χ0v) is 15.8. The quantitative estimate of drug-likeness (QED) is 0.514. The van der Waals surface area contributed by atoms with Crippen LogP contribution in [0, 0.1) is 0 Å². The van der Waals surface area contributed by atoms with Gasteiger partial charge >= 0.3 is 0 Å². The second kappa shape index (κ2) is 8.15. The number of hydrogen-bond donors (Lipinski definition) is 1. The third-order valence-corrected chi connectivity index (χ3v) is 4.59. The number of benzene rings is 2. The van der Waals surface area contributed by atoms with Gasteiger partial charge in [-0.25, -0.2) is 0 Å². The summed E-state index contributed by atoms with van der Waals surface area (Å²) in [6.07, 6.45) is 3.65. The summed E-state index contributed by atoms with van der Waals surface area (Å²) in [5.74, 6) is 1.28. The monoisotopic (exact) mass is 391 g/mol. The van der Waals surface area contributed by atoms with Gasteiger partial charge < -0.3 is 9.73 Å². The molecule has 0 fully saturated rings. The van der Waals surface area contributed by atoms with Crippen LogP contribution in [0.3, 0.4) is 0 Å². The number of amides is 1. The molecule has 4 aromatic rings. The van der Waals surface area contributed by atoms with E-state index < -0.39 is 0 Å². The average molecular weight is 392 g/mol.